The Morgan fingerprint density at radius 2 is 2.20 bits per heavy atom. The Bertz CT molecular complexity index is 368. The number of carbonyl (C=O) groups excluding carboxylic acids is 1. The molecule has 0 spiro atoms. The fourth-order valence-corrected chi connectivity index (χ4v) is 1.81. The molecule has 0 aliphatic carbocycles. The number of aliphatic hydroxyl groups excluding tert-OH is 1. The molecular weight excluding hydrogens is 326 g/mol. The van der Waals surface area contributed by atoms with E-state index in [4.69, 9.17) is 5.11 Å². The van der Waals surface area contributed by atoms with Crippen LogP contribution in [0.4, 0.5) is 0 Å². The minimum absolute atomic E-state index is 0.0721. The minimum atomic E-state index is -0.247. The summed E-state index contributed by atoms with van der Waals surface area (Å²) in [7, 11) is 0. The van der Waals surface area contributed by atoms with Gasteiger partial charge in [-0.3, -0.25) is 4.79 Å². The van der Waals surface area contributed by atoms with E-state index in [1.807, 2.05) is 6.07 Å². The summed E-state index contributed by atoms with van der Waals surface area (Å²) in [6.45, 7) is 1.67. The molecule has 1 aromatic carbocycles. The molecular formula is C10H11Br2NO2. The normalized spacial score (nSPS) is 12.3. The number of hydrogen-bond donors (Lipinski definition) is 2. The SMILES string of the molecule is CC(CO)NC(=O)c1cc(Br)ccc1Br. The highest BCUT2D eigenvalue weighted by atomic mass is 79.9. The molecule has 0 aliphatic rings. The lowest BCUT2D eigenvalue weighted by atomic mass is 10.2. The van der Waals surface area contributed by atoms with Crippen LogP contribution in [-0.4, -0.2) is 23.7 Å². The van der Waals surface area contributed by atoms with E-state index in [2.05, 4.69) is 37.2 Å². The van der Waals surface area contributed by atoms with Gasteiger partial charge in [-0.1, -0.05) is 15.9 Å². The number of carbonyl (C=O) groups is 1. The maximum absolute atomic E-state index is 11.7. The molecule has 82 valence electrons. The van der Waals surface area contributed by atoms with Crippen molar-refractivity contribution in [3.8, 4) is 0 Å². The van der Waals surface area contributed by atoms with Crippen molar-refractivity contribution in [3.63, 3.8) is 0 Å². The van der Waals surface area contributed by atoms with Crippen LogP contribution in [0.1, 0.15) is 17.3 Å². The summed E-state index contributed by atoms with van der Waals surface area (Å²) >= 11 is 6.60. The zero-order chi connectivity index (χ0) is 11.4. The standard InChI is InChI=1S/C10H11Br2NO2/c1-6(5-14)13-10(15)8-4-7(11)2-3-9(8)12/h2-4,6,14H,5H2,1H3,(H,13,15). The van der Waals surface area contributed by atoms with Crippen LogP contribution in [-0.2, 0) is 0 Å². The van der Waals surface area contributed by atoms with E-state index in [1.165, 1.54) is 0 Å². The van der Waals surface area contributed by atoms with Crippen molar-refractivity contribution in [2.24, 2.45) is 0 Å². The summed E-state index contributed by atoms with van der Waals surface area (Å²) in [5.41, 5.74) is 0.546. The van der Waals surface area contributed by atoms with Crippen molar-refractivity contribution in [1.82, 2.24) is 5.32 Å². The van der Waals surface area contributed by atoms with E-state index in [1.54, 1.807) is 19.1 Å². The maximum atomic E-state index is 11.7. The van der Waals surface area contributed by atoms with Crippen LogP contribution in [0.2, 0.25) is 0 Å². The molecule has 1 aromatic rings. The number of amides is 1. The highest BCUT2D eigenvalue weighted by Crippen LogP contribution is 2.21. The Kier molecular flexibility index (Phi) is 4.76. The number of aliphatic hydroxyl groups is 1. The molecule has 2 N–H and O–H groups in total. The average molecular weight is 337 g/mol. The molecule has 1 amide bonds. The molecule has 1 atom stereocenters. The first kappa shape index (κ1) is 12.7. The first-order valence-electron chi connectivity index (χ1n) is 4.41. The molecule has 15 heavy (non-hydrogen) atoms. The number of hydrogen-bond acceptors (Lipinski definition) is 2. The highest BCUT2D eigenvalue weighted by Gasteiger charge is 2.12. The largest absolute Gasteiger partial charge is 0.394 e. The van der Waals surface area contributed by atoms with Crippen LogP contribution < -0.4 is 5.32 Å². The van der Waals surface area contributed by atoms with Gasteiger partial charge in [0.25, 0.3) is 5.91 Å². The summed E-state index contributed by atoms with van der Waals surface area (Å²) in [5.74, 6) is -0.204. The summed E-state index contributed by atoms with van der Waals surface area (Å²) in [6, 6.07) is 5.12. The molecule has 0 heterocycles. The number of nitrogens with one attached hydrogen (secondary N) is 1. The van der Waals surface area contributed by atoms with Crippen molar-refractivity contribution in [2.75, 3.05) is 6.61 Å². The van der Waals surface area contributed by atoms with Gasteiger partial charge in [-0.2, -0.15) is 0 Å². The van der Waals surface area contributed by atoms with Gasteiger partial charge in [-0.05, 0) is 41.1 Å². The monoisotopic (exact) mass is 335 g/mol. The van der Waals surface area contributed by atoms with Gasteiger partial charge in [0, 0.05) is 15.0 Å². The van der Waals surface area contributed by atoms with E-state index in [0.717, 1.165) is 8.95 Å². The Labute approximate surface area is 105 Å². The molecule has 0 fully saturated rings. The fraction of sp³-hybridized carbons (Fsp3) is 0.300. The average Bonchev–Trinajstić information content (AvgIpc) is 2.21. The molecule has 0 saturated heterocycles. The third-order valence-corrected chi connectivity index (χ3v) is 3.01. The van der Waals surface area contributed by atoms with E-state index in [0.29, 0.717) is 5.56 Å². The summed E-state index contributed by atoms with van der Waals surface area (Å²) in [4.78, 5) is 11.7. The quantitative estimate of drug-likeness (QED) is 0.890. The lowest BCUT2D eigenvalue weighted by Crippen LogP contribution is -2.35. The lowest BCUT2D eigenvalue weighted by molar-refractivity contribution is 0.0921. The smallest absolute Gasteiger partial charge is 0.252 e. The van der Waals surface area contributed by atoms with Crippen molar-refractivity contribution in [1.29, 1.82) is 0 Å². The number of rotatable bonds is 3. The number of benzene rings is 1. The molecule has 0 aromatic heterocycles. The van der Waals surface area contributed by atoms with Gasteiger partial charge >= 0.3 is 0 Å². The summed E-state index contributed by atoms with van der Waals surface area (Å²) < 4.78 is 1.57. The predicted octanol–water partition coefficient (Wildman–Crippen LogP) is 2.32. The second kappa shape index (κ2) is 5.63. The van der Waals surface area contributed by atoms with Gasteiger partial charge < -0.3 is 10.4 Å². The van der Waals surface area contributed by atoms with Gasteiger partial charge in [0.2, 0.25) is 0 Å². The van der Waals surface area contributed by atoms with Crippen LogP contribution in [0.5, 0.6) is 0 Å². The van der Waals surface area contributed by atoms with Gasteiger partial charge in [0.15, 0.2) is 0 Å². The van der Waals surface area contributed by atoms with Crippen molar-refractivity contribution < 1.29 is 9.90 Å². The molecule has 5 heteroatoms. The van der Waals surface area contributed by atoms with Crippen LogP contribution in [0, 0.1) is 0 Å². The predicted molar refractivity (Wildman–Crippen MR) is 65.9 cm³/mol. The third kappa shape index (κ3) is 3.59. The van der Waals surface area contributed by atoms with Crippen LogP contribution in [0.25, 0.3) is 0 Å². The van der Waals surface area contributed by atoms with Crippen molar-refractivity contribution in [3.05, 3.63) is 32.7 Å². The van der Waals surface area contributed by atoms with Gasteiger partial charge in [0.1, 0.15) is 0 Å². The first-order chi connectivity index (χ1) is 7.04. The Balaban J connectivity index is 2.86. The topological polar surface area (TPSA) is 49.3 Å². The molecule has 1 unspecified atom stereocenters. The zero-order valence-electron chi connectivity index (χ0n) is 8.13. The third-order valence-electron chi connectivity index (χ3n) is 1.82. The Morgan fingerprint density at radius 3 is 2.80 bits per heavy atom. The van der Waals surface area contributed by atoms with E-state index in [9.17, 15) is 4.79 Å². The summed E-state index contributed by atoms with van der Waals surface area (Å²) in [5, 5.41) is 11.5. The van der Waals surface area contributed by atoms with Crippen molar-refractivity contribution >= 4 is 37.8 Å². The second-order valence-electron chi connectivity index (χ2n) is 3.18. The Morgan fingerprint density at radius 1 is 1.53 bits per heavy atom. The zero-order valence-corrected chi connectivity index (χ0v) is 11.3. The van der Waals surface area contributed by atoms with E-state index < -0.39 is 0 Å². The number of halogens is 2. The molecule has 0 saturated carbocycles. The van der Waals surface area contributed by atoms with E-state index >= 15 is 0 Å². The summed E-state index contributed by atoms with van der Waals surface area (Å²) in [6.07, 6.45) is 0. The highest BCUT2D eigenvalue weighted by molar-refractivity contribution is 9.11. The van der Waals surface area contributed by atoms with Gasteiger partial charge in [-0.25, -0.2) is 0 Å². The van der Waals surface area contributed by atoms with Gasteiger partial charge in [-0.15, -0.1) is 0 Å². The van der Waals surface area contributed by atoms with Crippen LogP contribution >= 0.6 is 31.9 Å². The maximum Gasteiger partial charge on any atom is 0.252 e. The van der Waals surface area contributed by atoms with Crippen LogP contribution in [0.15, 0.2) is 27.1 Å². The Hall–Kier alpha value is -0.390. The molecule has 1 rings (SSSR count). The fourth-order valence-electron chi connectivity index (χ4n) is 1.02. The molecule has 0 bridgehead atoms. The molecule has 0 aliphatic heterocycles. The van der Waals surface area contributed by atoms with Crippen LogP contribution in [0.3, 0.4) is 0 Å². The minimum Gasteiger partial charge on any atom is -0.394 e. The molecule has 0 radical (unpaired) electrons. The molecule has 3 nitrogen and oxygen atoms in total. The van der Waals surface area contributed by atoms with E-state index in [-0.39, 0.29) is 18.6 Å². The van der Waals surface area contributed by atoms with Crippen molar-refractivity contribution in [2.45, 2.75) is 13.0 Å². The van der Waals surface area contributed by atoms with Gasteiger partial charge in [0.05, 0.1) is 12.2 Å². The second-order valence-corrected chi connectivity index (χ2v) is 4.95. The first-order valence-corrected chi connectivity index (χ1v) is 6.00. The lowest BCUT2D eigenvalue weighted by Gasteiger charge is -2.11.